The lowest BCUT2D eigenvalue weighted by molar-refractivity contribution is 0.478. The van der Waals surface area contributed by atoms with Gasteiger partial charge >= 0.3 is 0 Å². The van der Waals surface area contributed by atoms with Gasteiger partial charge in [0.1, 0.15) is 5.82 Å². The van der Waals surface area contributed by atoms with Gasteiger partial charge in [-0.2, -0.15) is 5.26 Å². The number of hydrogen-bond donors (Lipinski definition) is 2. The predicted molar refractivity (Wildman–Crippen MR) is 76.0 cm³/mol. The number of hydrogen-bond acceptors (Lipinski definition) is 4. The standard InChI is InChI=1S/C15H16N4/c16-10-11-1-2-12-3-8-18-15(14(12)9-11)19-13-4-6-17-7-5-13/h1-3,8-9,13,17H,4-7H2,(H,18,19). The molecule has 1 saturated heterocycles. The van der Waals surface area contributed by atoms with Crippen LogP contribution in [0.5, 0.6) is 0 Å². The van der Waals surface area contributed by atoms with Gasteiger partial charge in [-0.25, -0.2) is 4.98 Å². The molecule has 4 nitrogen and oxygen atoms in total. The van der Waals surface area contributed by atoms with Gasteiger partial charge in [0.05, 0.1) is 11.6 Å². The second kappa shape index (κ2) is 5.25. The van der Waals surface area contributed by atoms with Crippen molar-refractivity contribution < 1.29 is 0 Å². The van der Waals surface area contributed by atoms with E-state index in [2.05, 4.69) is 21.7 Å². The average molecular weight is 252 g/mol. The van der Waals surface area contributed by atoms with Gasteiger partial charge in [-0.15, -0.1) is 0 Å². The number of rotatable bonds is 2. The van der Waals surface area contributed by atoms with Crippen molar-refractivity contribution in [3.05, 3.63) is 36.0 Å². The van der Waals surface area contributed by atoms with Crippen molar-refractivity contribution in [2.75, 3.05) is 18.4 Å². The Kier molecular flexibility index (Phi) is 3.30. The first-order valence-electron chi connectivity index (χ1n) is 6.63. The van der Waals surface area contributed by atoms with E-state index in [1.54, 1.807) is 0 Å². The highest BCUT2D eigenvalue weighted by Crippen LogP contribution is 2.23. The molecule has 19 heavy (non-hydrogen) atoms. The molecule has 0 aliphatic carbocycles. The van der Waals surface area contributed by atoms with Gasteiger partial charge in [0.25, 0.3) is 0 Å². The molecule has 4 heteroatoms. The Balaban J connectivity index is 1.95. The predicted octanol–water partition coefficient (Wildman–Crippen LogP) is 2.27. The summed E-state index contributed by atoms with van der Waals surface area (Å²) in [6.07, 6.45) is 4.03. The fourth-order valence-electron chi connectivity index (χ4n) is 2.51. The molecule has 2 aromatic rings. The van der Waals surface area contributed by atoms with Crippen LogP contribution in [-0.4, -0.2) is 24.1 Å². The zero-order valence-electron chi connectivity index (χ0n) is 10.7. The minimum absolute atomic E-state index is 0.463. The van der Waals surface area contributed by atoms with Gasteiger partial charge in [-0.3, -0.25) is 0 Å². The number of fused-ring (bicyclic) bond motifs is 1. The highest BCUT2D eigenvalue weighted by atomic mass is 15.0. The van der Waals surface area contributed by atoms with Crippen molar-refractivity contribution in [1.82, 2.24) is 10.3 Å². The first kappa shape index (κ1) is 11.9. The molecule has 0 atom stereocenters. The van der Waals surface area contributed by atoms with Crippen LogP contribution in [0.1, 0.15) is 18.4 Å². The quantitative estimate of drug-likeness (QED) is 0.860. The van der Waals surface area contributed by atoms with Gasteiger partial charge < -0.3 is 10.6 Å². The molecule has 1 aliphatic heterocycles. The summed E-state index contributed by atoms with van der Waals surface area (Å²) < 4.78 is 0. The van der Waals surface area contributed by atoms with Crippen LogP contribution < -0.4 is 10.6 Å². The molecule has 3 rings (SSSR count). The third-order valence-electron chi connectivity index (χ3n) is 3.58. The van der Waals surface area contributed by atoms with E-state index >= 15 is 0 Å². The molecule has 1 aliphatic rings. The Bertz CT molecular complexity index is 624. The fourth-order valence-corrected chi connectivity index (χ4v) is 2.51. The topological polar surface area (TPSA) is 60.7 Å². The maximum absolute atomic E-state index is 9.01. The molecular formula is C15H16N4. The van der Waals surface area contributed by atoms with E-state index in [0.29, 0.717) is 11.6 Å². The zero-order valence-corrected chi connectivity index (χ0v) is 10.7. The Morgan fingerprint density at radius 2 is 2.11 bits per heavy atom. The van der Waals surface area contributed by atoms with E-state index in [9.17, 15) is 0 Å². The molecule has 0 saturated carbocycles. The number of pyridine rings is 1. The summed E-state index contributed by atoms with van der Waals surface area (Å²) in [7, 11) is 0. The van der Waals surface area contributed by atoms with E-state index < -0.39 is 0 Å². The molecule has 2 heterocycles. The Morgan fingerprint density at radius 3 is 2.89 bits per heavy atom. The summed E-state index contributed by atoms with van der Waals surface area (Å²) in [5.74, 6) is 0.890. The lowest BCUT2D eigenvalue weighted by Crippen LogP contribution is -2.35. The lowest BCUT2D eigenvalue weighted by atomic mass is 10.1. The third-order valence-corrected chi connectivity index (χ3v) is 3.58. The smallest absolute Gasteiger partial charge is 0.134 e. The van der Waals surface area contributed by atoms with Crippen molar-refractivity contribution >= 4 is 16.6 Å². The van der Waals surface area contributed by atoms with Crippen molar-refractivity contribution in [2.45, 2.75) is 18.9 Å². The Hall–Kier alpha value is -2.12. The van der Waals surface area contributed by atoms with Gasteiger partial charge in [-0.1, -0.05) is 6.07 Å². The summed E-state index contributed by atoms with van der Waals surface area (Å²) in [5, 5.41) is 18.0. The highest BCUT2D eigenvalue weighted by Gasteiger charge is 2.14. The lowest BCUT2D eigenvalue weighted by Gasteiger charge is -2.24. The van der Waals surface area contributed by atoms with Crippen LogP contribution in [0, 0.1) is 11.3 Å². The number of nitrogens with one attached hydrogen (secondary N) is 2. The number of benzene rings is 1. The summed E-state index contributed by atoms with van der Waals surface area (Å²) in [4.78, 5) is 4.44. The van der Waals surface area contributed by atoms with E-state index in [1.807, 2.05) is 30.5 Å². The Morgan fingerprint density at radius 1 is 1.26 bits per heavy atom. The molecule has 0 amide bonds. The van der Waals surface area contributed by atoms with E-state index in [0.717, 1.165) is 42.5 Å². The maximum Gasteiger partial charge on any atom is 0.134 e. The molecule has 0 spiro atoms. The van der Waals surface area contributed by atoms with E-state index in [1.165, 1.54) is 0 Å². The third kappa shape index (κ3) is 2.51. The van der Waals surface area contributed by atoms with Crippen LogP contribution in [0.25, 0.3) is 10.8 Å². The van der Waals surface area contributed by atoms with Crippen molar-refractivity contribution in [2.24, 2.45) is 0 Å². The van der Waals surface area contributed by atoms with Crippen LogP contribution in [-0.2, 0) is 0 Å². The summed E-state index contributed by atoms with van der Waals surface area (Å²) in [6, 6.07) is 10.4. The Labute approximate surface area is 112 Å². The molecule has 96 valence electrons. The van der Waals surface area contributed by atoms with Crippen LogP contribution in [0.3, 0.4) is 0 Å². The molecule has 1 fully saturated rings. The van der Waals surface area contributed by atoms with Gasteiger partial charge in [0, 0.05) is 17.6 Å². The van der Waals surface area contributed by atoms with Crippen LogP contribution in [0.2, 0.25) is 0 Å². The minimum Gasteiger partial charge on any atom is -0.367 e. The molecule has 1 aromatic heterocycles. The molecule has 0 bridgehead atoms. The fraction of sp³-hybridized carbons (Fsp3) is 0.333. The summed E-state index contributed by atoms with van der Waals surface area (Å²) >= 11 is 0. The van der Waals surface area contributed by atoms with Gasteiger partial charge in [0.15, 0.2) is 0 Å². The second-order valence-corrected chi connectivity index (χ2v) is 4.88. The normalized spacial score (nSPS) is 16.2. The summed E-state index contributed by atoms with van der Waals surface area (Å²) in [5.41, 5.74) is 0.675. The number of anilines is 1. The molecule has 0 unspecified atom stereocenters. The minimum atomic E-state index is 0.463. The van der Waals surface area contributed by atoms with E-state index in [-0.39, 0.29) is 0 Å². The van der Waals surface area contributed by atoms with E-state index in [4.69, 9.17) is 5.26 Å². The average Bonchev–Trinajstić information content (AvgIpc) is 2.48. The van der Waals surface area contributed by atoms with Gasteiger partial charge in [-0.05, 0) is 49.5 Å². The molecular weight excluding hydrogens is 236 g/mol. The monoisotopic (exact) mass is 252 g/mol. The van der Waals surface area contributed by atoms with Gasteiger partial charge in [0.2, 0.25) is 0 Å². The highest BCUT2D eigenvalue weighted by molar-refractivity contribution is 5.92. The number of nitriles is 1. The van der Waals surface area contributed by atoms with Crippen molar-refractivity contribution in [3.63, 3.8) is 0 Å². The van der Waals surface area contributed by atoms with Crippen LogP contribution >= 0.6 is 0 Å². The SMILES string of the molecule is N#Cc1ccc2ccnc(NC3CCNCC3)c2c1. The largest absolute Gasteiger partial charge is 0.367 e. The number of nitrogens with zero attached hydrogens (tertiary/aromatic N) is 2. The van der Waals surface area contributed by atoms with Crippen LogP contribution in [0.15, 0.2) is 30.5 Å². The maximum atomic E-state index is 9.01. The number of piperidine rings is 1. The number of aromatic nitrogens is 1. The second-order valence-electron chi connectivity index (χ2n) is 4.88. The first-order chi connectivity index (χ1) is 9.36. The van der Waals surface area contributed by atoms with Crippen LogP contribution in [0.4, 0.5) is 5.82 Å². The van der Waals surface area contributed by atoms with Crippen molar-refractivity contribution in [3.8, 4) is 6.07 Å². The zero-order chi connectivity index (χ0) is 13.1. The van der Waals surface area contributed by atoms with Crippen molar-refractivity contribution in [1.29, 1.82) is 5.26 Å². The molecule has 2 N–H and O–H groups in total. The molecule has 0 radical (unpaired) electrons. The molecule has 1 aromatic carbocycles. The summed E-state index contributed by atoms with van der Waals surface area (Å²) in [6.45, 7) is 2.09. The first-order valence-corrected chi connectivity index (χ1v) is 6.63.